The number of nitrogens with one attached hydrogen (secondary N) is 2. The summed E-state index contributed by atoms with van der Waals surface area (Å²) in [6.07, 6.45) is 2.66. The molecule has 21 heavy (non-hydrogen) atoms. The molecule has 2 rings (SSSR count). The molecule has 0 bridgehead atoms. The van der Waals surface area contributed by atoms with Gasteiger partial charge in [0.1, 0.15) is 11.3 Å². The van der Waals surface area contributed by atoms with E-state index in [1.807, 2.05) is 17.7 Å². The zero-order chi connectivity index (χ0) is 15.4. The van der Waals surface area contributed by atoms with Crippen LogP contribution in [0.15, 0.2) is 23.5 Å². The van der Waals surface area contributed by atoms with E-state index in [9.17, 15) is 0 Å². The van der Waals surface area contributed by atoms with Crippen molar-refractivity contribution in [3.05, 3.63) is 23.8 Å². The first kappa shape index (κ1) is 15.8. The number of alkyl halides is 1. The third-order valence-corrected chi connectivity index (χ3v) is 4.29. The highest BCUT2D eigenvalue weighted by molar-refractivity contribution is 7.99. The van der Waals surface area contributed by atoms with Crippen molar-refractivity contribution >= 4 is 29.2 Å². The molecular weight excluding hydrogens is 308 g/mol. The van der Waals surface area contributed by atoms with E-state index in [-0.39, 0.29) is 5.49 Å². The Morgan fingerprint density at radius 2 is 2.14 bits per heavy atom. The van der Waals surface area contributed by atoms with E-state index in [2.05, 4.69) is 10.2 Å². The van der Waals surface area contributed by atoms with Crippen LogP contribution in [-0.4, -0.2) is 36.8 Å². The van der Waals surface area contributed by atoms with Crippen molar-refractivity contribution in [3.8, 4) is 11.4 Å². The van der Waals surface area contributed by atoms with Crippen molar-refractivity contribution in [1.29, 1.82) is 10.8 Å². The zero-order valence-corrected chi connectivity index (χ0v) is 13.5. The van der Waals surface area contributed by atoms with Gasteiger partial charge in [0, 0.05) is 30.4 Å². The Labute approximate surface area is 132 Å². The third kappa shape index (κ3) is 3.54. The Bertz CT molecular complexity index is 705. The van der Waals surface area contributed by atoms with Crippen LogP contribution in [0.2, 0.25) is 0 Å². The second-order valence-electron chi connectivity index (χ2n) is 4.51. The normalized spacial score (nSPS) is 10.8. The summed E-state index contributed by atoms with van der Waals surface area (Å²) in [7, 11) is 1.91. The number of hydrogen-bond acceptors (Lipinski definition) is 5. The second kappa shape index (κ2) is 6.91. The monoisotopic (exact) mass is 324 g/mol. The van der Waals surface area contributed by atoms with Crippen LogP contribution in [0, 0.1) is 10.8 Å². The van der Waals surface area contributed by atoms with Crippen molar-refractivity contribution in [2.24, 2.45) is 7.05 Å². The van der Waals surface area contributed by atoms with Crippen molar-refractivity contribution in [2.45, 2.75) is 18.5 Å². The number of nitrogens with zero attached hydrogens (tertiary/aromatic N) is 4. The maximum Gasteiger partial charge on any atom is 0.191 e. The molecular formula is C13H17ClN6S. The van der Waals surface area contributed by atoms with E-state index in [0.29, 0.717) is 11.7 Å². The van der Waals surface area contributed by atoms with Gasteiger partial charge in [-0.1, -0.05) is 11.8 Å². The molecule has 0 spiro atoms. The first-order valence-corrected chi connectivity index (χ1v) is 7.98. The molecule has 2 aromatic heterocycles. The summed E-state index contributed by atoms with van der Waals surface area (Å²) in [5.41, 5.74) is 1.10. The predicted octanol–water partition coefficient (Wildman–Crippen LogP) is 2.33. The van der Waals surface area contributed by atoms with Crippen LogP contribution in [0.4, 0.5) is 0 Å². The Hall–Kier alpha value is -1.60. The summed E-state index contributed by atoms with van der Waals surface area (Å²) in [5.74, 6) is 2.56. The number of thioether (sulfide) groups is 1. The lowest BCUT2D eigenvalue weighted by Crippen LogP contribution is -2.23. The lowest BCUT2D eigenvalue weighted by molar-refractivity contribution is 0.792. The lowest BCUT2D eigenvalue weighted by atomic mass is 10.2. The van der Waals surface area contributed by atoms with Crippen molar-refractivity contribution in [1.82, 2.24) is 19.3 Å². The zero-order valence-electron chi connectivity index (χ0n) is 11.9. The molecule has 0 amide bonds. The number of rotatable bonds is 5. The first-order chi connectivity index (χ1) is 10.0. The Kier molecular flexibility index (Phi) is 5.19. The Morgan fingerprint density at radius 1 is 1.38 bits per heavy atom. The molecule has 2 heterocycles. The molecule has 6 nitrogen and oxygen atoms in total. The van der Waals surface area contributed by atoms with Gasteiger partial charge in [0.15, 0.2) is 11.0 Å². The van der Waals surface area contributed by atoms with E-state index in [0.717, 1.165) is 28.7 Å². The highest BCUT2D eigenvalue weighted by Crippen LogP contribution is 2.22. The molecule has 0 atom stereocenters. The van der Waals surface area contributed by atoms with Gasteiger partial charge in [-0.2, -0.15) is 0 Å². The second-order valence-corrected chi connectivity index (χ2v) is 5.95. The van der Waals surface area contributed by atoms with Gasteiger partial charge >= 0.3 is 0 Å². The third-order valence-electron chi connectivity index (χ3n) is 2.91. The average Bonchev–Trinajstić information content (AvgIpc) is 2.81. The molecule has 0 radical (unpaired) electrons. The van der Waals surface area contributed by atoms with Crippen LogP contribution in [0.5, 0.6) is 0 Å². The van der Waals surface area contributed by atoms with Crippen molar-refractivity contribution < 1.29 is 0 Å². The van der Waals surface area contributed by atoms with Crippen molar-refractivity contribution in [2.75, 3.05) is 11.6 Å². The fourth-order valence-electron chi connectivity index (χ4n) is 1.82. The molecule has 0 saturated heterocycles. The first-order valence-electron chi connectivity index (χ1n) is 6.46. The summed E-state index contributed by atoms with van der Waals surface area (Å²) < 4.78 is 3.42. The van der Waals surface area contributed by atoms with Gasteiger partial charge in [0.2, 0.25) is 0 Å². The van der Waals surface area contributed by atoms with Crippen LogP contribution < -0.4 is 5.49 Å². The van der Waals surface area contributed by atoms with Crippen LogP contribution in [0.25, 0.3) is 11.4 Å². The fourth-order valence-corrected chi connectivity index (χ4v) is 2.96. The van der Waals surface area contributed by atoms with Gasteiger partial charge in [-0.15, -0.1) is 21.8 Å². The lowest BCUT2D eigenvalue weighted by Gasteiger charge is -2.08. The van der Waals surface area contributed by atoms with E-state index in [4.69, 9.17) is 22.4 Å². The molecule has 8 heteroatoms. The largest absolute Gasteiger partial charge is 0.305 e. The van der Waals surface area contributed by atoms with E-state index in [1.165, 1.54) is 4.57 Å². The minimum atomic E-state index is 0.269. The van der Waals surface area contributed by atoms with Crippen molar-refractivity contribution in [3.63, 3.8) is 0 Å². The molecule has 0 saturated carbocycles. The van der Waals surface area contributed by atoms with Gasteiger partial charge in [0.05, 0.1) is 0 Å². The molecule has 0 aliphatic rings. The molecule has 2 N–H and O–H groups in total. The number of aromatic nitrogens is 4. The molecule has 0 fully saturated rings. The number of hydrogen-bond donors (Lipinski definition) is 2. The smallest absolute Gasteiger partial charge is 0.191 e. The topological polar surface area (TPSA) is 83.3 Å². The molecule has 0 aliphatic carbocycles. The molecule has 0 aromatic carbocycles. The highest BCUT2D eigenvalue weighted by atomic mass is 35.5. The van der Waals surface area contributed by atoms with Crippen LogP contribution >= 0.6 is 23.4 Å². The van der Waals surface area contributed by atoms with E-state index < -0.39 is 0 Å². The van der Waals surface area contributed by atoms with Gasteiger partial charge < -0.3 is 4.57 Å². The molecule has 0 unspecified atom stereocenters. The molecule has 112 valence electrons. The predicted molar refractivity (Wildman–Crippen MR) is 85.1 cm³/mol. The summed E-state index contributed by atoms with van der Waals surface area (Å²) in [5, 5.41) is 24.7. The SMILES string of the molecule is CC(=N)n1cc(-c2nnc(SCCCCl)n2C)ccc1=N. The molecule has 2 aromatic rings. The fraction of sp³-hybridized carbons (Fsp3) is 0.385. The van der Waals surface area contributed by atoms with Gasteiger partial charge in [-0.05, 0) is 25.5 Å². The maximum absolute atomic E-state index is 7.79. The van der Waals surface area contributed by atoms with Gasteiger partial charge in [-0.3, -0.25) is 15.4 Å². The van der Waals surface area contributed by atoms with Gasteiger partial charge in [0.25, 0.3) is 0 Å². The van der Waals surface area contributed by atoms with E-state index >= 15 is 0 Å². The Balaban J connectivity index is 2.32. The minimum absolute atomic E-state index is 0.269. The summed E-state index contributed by atoms with van der Waals surface area (Å²) in [6.45, 7) is 1.64. The maximum atomic E-state index is 7.79. The highest BCUT2D eigenvalue weighted by Gasteiger charge is 2.12. The summed E-state index contributed by atoms with van der Waals surface area (Å²) >= 11 is 7.29. The Morgan fingerprint density at radius 3 is 2.81 bits per heavy atom. The number of pyridine rings is 1. The average molecular weight is 325 g/mol. The molecule has 0 aliphatic heterocycles. The van der Waals surface area contributed by atoms with Crippen LogP contribution in [0.3, 0.4) is 0 Å². The van der Waals surface area contributed by atoms with E-state index in [1.54, 1.807) is 30.9 Å². The van der Waals surface area contributed by atoms with Crippen LogP contribution in [-0.2, 0) is 7.05 Å². The number of halogens is 1. The van der Waals surface area contributed by atoms with Crippen LogP contribution in [0.1, 0.15) is 13.3 Å². The quantitative estimate of drug-likeness (QED) is 0.291. The summed E-state index contributed by atoms with van der Waals surface area (Å²) in [6, 6.07) is 3.47. The standard InChI is InChI=1S/C13H17ClN6S/c1-9(15)20-8-10(4-5-11(20)16)12-17-18-13(19(12)2)21-7-3-6-14/h4-5,8,15-16H,3,6-7H2,1-2H3. The van der Waals surface area contributed by atoms with Gasteiger partial charge in [-0.25, -0.2) is 0 Å². The minimum Gasteiger partial charge on any atom is -0.305 e. The summed E-state index contributed by atoms with van der Waals surface area (Å²) in [4.78, 5) is 0.